The van der Waals surface area contributed by atoms with E-state index in [-0.39, 0.29) is 5.91 Å². The smallest absolute Gasteiger partial charge is 0.219 e. The molecule has 0 aromatic carbocycles. The van der Waals surface area contributed by atoms with E-state index >= 15 is 0 Å². The topological polar surface area (TPSA) is 23.6 Å². The van der Waals surface area contributed by atoms with Crippen LogP contribution in [0.2, 0.25) is 0 Å². The van der Waals surface area contributed by atoms with Crippen LogP contribution < -0.4 is 0 Å². The van der Waals surface area contributed by atoms with Gasteiger partial charge in [-0.2, -0.15) is 11.8 Å². The fourth-order valence-corrected chi connectivity index (χ4v) is 3.47. The number of hydrogen-bond acceptors (Lipinski definition) is 3. The van der Waals surface area contributed by atoms with Gasteiger partial charge in [-0.05, 0) is 12.2 Å². The maximum atomic E-state index is 11.1. The Labute approximate surface area is 89.8 Å². The summed E-state index contributed by atoms with van der Waals surface area (Å²) in [5, 5.41) is 0. The quantitative estimate of drug-likeness (QED) is 0.640. The van der Waals surface area contributed by atoms with E-state index in [1.807, 2.05) is 4.90 Å². The highest BCUT2D eigenvalue weighted by atomic mass is 32.2. The van der Waals surface area contributed by atoms with Crippen molar-refractivity contribution in [1.82, 2.24) is 9.80 Å². The molecule has 14 heavy (non-hydrogen) atoms. The van der Waals surface area contributed by atoms with Crippen molar-refractivity contribution in [2.24, 2.45) is 0 Å². The van der Waals surface area contributed by atoms with Gasteiger partial charge in [-0.3, -0.25) is 9.69 Å². The standard InChI is InChI=1S/C10H18N2OS/c1-9(13)11-3-5-12(6-4-11)10-2-7-14-8-10/h10H,2-8H2,1H3/t10-/m0/s1. The van der Waals surface area contributed by atoms with Gasteiger partial charge in [0, 0.05) is 44.9 Å². The highest BCUT2D eigenvalue weighted by Gasteiger charge is 2.26. The Kier molecular flexibility index (Phi) is 3.34. The monoisotopic (exact) mass is 214 g/mol. The van der Waals surface area contributed by atoms with Crippen LogP contribution in [0.1, 0.15) is 13.3 Å². The van der Waals surface area contributed by atoms with E-state index in [1.54, 1.807) is 6.92 Å². The highest BCUT2D eigenvalue weighted by Crippen LogP contribution is 2.23. The number of hydrogen-bond donors (Lipinski definition) is 0. The first-order valence-corrected chi connectivity index (χ1v) is 6.50. The zero-order valence-corrected chi connectivity index (χ0v) is 9.55. The zero-order chi connectivity index (χ0) is 9.97. The van der Waals surface area contributed by atoms with Crippen molar-refractivity contribution >= 4 is 17.7 Å². The average Bonchev–Trinajstić information content (AvgIpc) is 2.71. The number of piperazine rings is 1. The van der Waals surface area contributed by atoms with Gasteiger partial charge in [-0.15, -0.1) is 0 Å². The molecule has 80 valence electrons. The molecule has 0 spiro atoms. The van der Waals surface area contributed by atoms with E-state index in [2.05, 4.69) is 16.7 Å². The highest BCUT2D eigenvalue weighted by molar-refractivity contribution is 7.99. The molecule has 1 atom stereocenters. The van der Waals surface area contributed by atoms with Gasteiger partial charge in [0.05, 0.1) is 0 Å². The van der Waals surface area contributed by atoms with Crippen molar-refractivity contribution in [3.63, 3.8) is 0 Å². The van der Waals surface area contributed by atoms with Crippen LogP contribution in [0.25, 0.3) is 0 Å². The summed E-state index contributed by atoms with van der Waals surface area (Å²) in [6, 6.07) is 0.786. The predicted molar refractivity (Wildman–Crippen MR) is 59.6 cm³/mol. The first-order chi connectivity index (χ1) is 6.77. The molecule has 0 unspecified atom stereocenters. The molecular formula is C10H18N2OS. The van der Waals surface area contributed by atoms with E-state index in [4.69, 9.17) is 0 Å². The minimum absolute atomic E-state index is 0.227. The van der Waals surface area contributed by atoms with Crippen LogP contribution in [0.15, 0.2) is 0 Å². The van der Waals surface area contributed by atoms with Crippen LogP contribution in [0.5, 0.6) is 0 Å². The van der Waals surface area contributed by atoms with Crippen molar-refractivity contribution in [2.45, 2.75) is 19.4 Å². The first kappa shape index (κ1) is 10.3. The number of rotatable bonds is 1. The maximum absolute atomic E-state index is 11.1. The molecule has 0 N–H and O–H groups in total. The van der Waals surface area contributed by atoms with E-state index < -0.39 is 0 Å². The lowest BCUT2D eigenvalue weighted by Crippen LogP contribution is -2.51. The summed E-state index contributed by atoms with van der Waals surface area (Å²) in [4.78, 5) is 15.6. The van der Waals surface area contributed by atoms with Crippen molar-refractivity contribution in [3.05, 3.63) is 0 Å². The fourth-order valence-electron chi connectivity index (χ4n) is 2.21. The number of thioether (sulfide) groups is 1. The number of carbonyl (C=O) groups is 1. The van der Waals surface area contributed by atoms with Crippen LogP contribution in [-0.2, 0) is 4.79 Å². The van der Waals surface area contributed by atoms with Gasteiger partial charge < -0.3 is 4.90 Å². The normalized spacial score (nSPS) is 29.5. The van der Waals surface area contributed by atoms with Crippen LogP contribution in [-0.4, -0.2) is 59.4 Å². The molecule has 2 saturated heterocycles. The molecule has 0 aromatic heterocycles. The molecule has 0 bridgehead atoms. The van der Waals surface area contributed by atoms with E-state index in [0.717, 1.165) is 32.2 Å². The Bertz CT molecular complexity index is 208. The average molecular weight is 214 g/mol. The maximum Gasteiger partial charge on any atom is 0.219 e. The van der Waals surface area contributed by atoms with Crippen molar-refractivity contribution in [2.75, 3.05) is 37.7 Å². The SMILES string of the molecule is CC(=O)N1CCN([C@H]2CCSC2)CC1. The van der Waals surface area contributed by atoms with Crippen LogP contribution in [0, 0.1) is 0 Å². The van der Waals surface area contributed by atoms with Gasteiger partial charge in [0.2, 0.25) is 5.91 Å². The molecule has 4 heteroatoms. The van der Waals surface area contributed by atoms with E-state index in [1.165, 1.54) is 17.9 Å². The first-order valence-electron chi connectivity index (χ1n) is 5.34. The van der Waals surface area contributed by atoms with Gasteiger partial charge in [0.1, 0.15) is 0 Å². The fraction of sp³-hybridized carbons (Fsp3) is 0.900. The molecule has 0 saturated carbocycles. The van der Waals surface area contributed by atoms with Gasteiger partial charge in [0.25, 0.3) is 0 Å². The third-order valence-electron chi connectivity index (χ3n) is 3.18. The molecule has 2 aliphatic heterocycles. The minimum atomic E-state index is 0.227. The summed E-state index contributed by atoms with van der Waals surface area (Å²) < 4.78 is 0. The third-order valence-corrected chi connectivity index (χ3v) is 4.33. The zero-order valence-electron chi connectivity index (χ0n) is 8.74. The van der Waals surface area contributed by atoms with Gasteiger partial charge in [-0.1, -0.05) is 0 Å². The number of amides is 1. The summed E-state index contributed by atoms with van der Waals surface area (Å²) in [7, 11) is 0. The second-order valence-electron chi connectivity index (χ2n) is 4.06. The van der Waals surface area contributed by atoms with Crippen molar-refractivity contribution in [3.8, 4) is 0 Å². The summed E-state index contributed by atoms with van der Waals surface area (Å²) in [6.07, 6.45) is 1.34. The van der Waals surface area contributed by atoms with E-state index in [9.17, 15) is 4.79 Å². The molecular weight excluding hydrogens is 196 g/mol. The lowest BCUT2D eigenvalue weighted by molar-refractivity contribution is -0.130. The second kappa shape index (κ2) is 4.53. The number of nitrogens with zero attached hydrogens (tertiary/aromatic N) is 2. The molecule has 0 aromatic rings. The summed E-state index contributed by atoms with van der Waals surface area (Å²) >= 11 is 2.06. The summed E-state index contributed by atoms with van der Waals surface area (Å²) in [5.74, 6) is 2.84. The Hall–Kier alpha value is -0.220. The lowest BCUT2D eigenvalue weighted by Gasteiger charge is -2.37. The van der Waals surface area contributed by atoms with Crippen molar-refractivity contribution in [1.29, 1.82) is 0 Å². The van der Waals surface area contributed by atoms with Crippen molar-refractivity contribution < 1.29 is 4.79 Å². The van der Waals surface area contributed by atoms with Gasteiger partial charge in [0.15, 0.2) is 0 Å². The third kappa shape index (κ3) is 2.23. The lowest BCUT2D eigenvalue weighted by atomic mass is 10.2. The Morgan fingerprint density at radius 3 is 2.50 bits per heavy atom. The molecule has 0 aliphatic carbocycles. The molecule has 1 amide bonds. The Balaban J connectivity index is 1.80. The molecule has 0 radical (unpaired) electrons. The molecule has 2 aliphatic rings. The van der Waals surface area contributed by atoms with Gasteiger partial charge in [-0.25, -0.2) is 0 Å². The molecule has 2 heterocycles. The predicted octanol–water partition coefficient (Wildman–Crippen LogP) is 0.656. The molecule has 2 rings (SSSR count). The second-order valence-corrected chi connectivity index (χ2v) is 5.21. The van der Waals surface area contributed by atoms with E-state index in [0.29, 0.717) is 0 Å². The molecule has 3 nitrogen and oxygen atoms in total. The minimum Gasteiger partial charge on any atom is -0.340 e. The largest absolute Gasteiger partial charge is 0.340 e. The van der Waals surface area contributed by atoms with Gasteiger partial charge >= 0.3 is 0 Å². The Morgan fingerprint density at radius 2 is 2.00 bits per heavy atom. The van der Waals surface area contributed by atoms with Crippen LogP contribution >= 0.6 is 11.8 Å². The number of carbonyl (C=O) groups excluding carboxylic acids is 1. The summed E-state index contributed by atoms with van der Waals surface area (Å²) in [5.41, 5.74) is 0. The molecule has 2 fully saturated rings. The van der Waals surface area contributed by atoms with Crippen LogP contribution in [0.4, 0.5) is 0 Å². The van der Waals surface area contributed by atoms with Crippen LogP contribution in [0.3, 0.4) is 0 Å². The Morgan fingerprint density at radius 1 is 1.29 bits per heavy atom. The summed E-state index contributed by atoms with van der Waals surface area (Å²) in [6.45, 7) is 5.67.